The number of halogens is 1. The van der Waals surface area contributed by atoms with Crippen molar-refractivity contribution in [2.75, 3.05) is 6.61 Å². The molecule has 0 aliphatic heterocycles. The summed E-state index contributed by atoms with van der Waals surface area (Å²) in [4.78, 5) is 24.5. The summed E-state index contributed by atoms with van der Waals surface area (Å²) in [6.45, 7) is 4.12. The van der Waals surface area contributed by atoms with Crippen LogP contribution in [0.5, 0.6) is 5.75 Å². The Balaban J connectivity index is 1.28. The monoisotopic (exact) mass is 507 g/mol. The minimum absolute atomic E-state index is 0.0940. The first-order valence-corrected chi connectivity index (χ1v) is 13.9. The maximum Gasteiger partial charge on any atom is 0.306 e. The van der Waals surface area contributed by atoms with Crippen LogP contribution in [0.15, 0.2) is 36.4 Å². The third-order valence-electron chi connectivity index (χ3n) is 9.07. The van der Waals surface area contributed by atoms with Gasteiger partial charge in [0.25, 0.3) is 5.91 Å². The van der Waals surface area contributed by atoms with Gasteiger partial charge in [0.05, 0.1) is 12.5 Å². The number of rotatable bonds is 10. The van der Waals surface area contributed by atoms with Gasteiger partial charge in [-0.15, -0.1) is 0 Å². The van der Waals surface area contributed by atoms with Crippen molar-refractivity contribution in [1.29, 1.82) is 0 Å². The van der Waals surface area contributed by atoms with Crippen LogP contribution in [-0.4, -0.2) is 23.6 Å². The van der Waals surface area contributed by atoms with Gasteiger partial charge in [-0.2, -0.15) is 0 Å². The zero-order valence-corrected chi connectivity index (χ0v) is 21.9. The summed E-state index contributed by atoms with van der Waals surface area (Å²) in [7, 11) is 0. The van der Waals surface area contributed by atoms with Crippen LogP contribution in [-0.2, 0) is 23.2 Å². The largest absolute Gasteiger partial charge is 0.493 e. The number of carbonyl (C=O) groups is 2. The second-order valence-corrected chi connectivity index (χ2v) is 11.6. The van der Waals surface area contributed by atoms with Crippen LogP contribution in [0.2, 0.25) is 0 Å². The van der Waals surface area contributed by atoms with Crippen molar-refractivity contribution in [3.05, 3.63) is 64.5 Å². The van der Waals surface area contributed by atoms with Gasteiger partial charge in [0.15, 0.2) is 0 Å². The molecule has 0 spiro atoms. The molecule has 198 valence electrons. The van der Waals surface area contributed by atoms with Gasteiger partial charge in [-0.1, -0.05) is 19.1 Å². The molecule has 4 bridgehead atoms. The number of carboxylic acids is 1. The Bertz CT molecular complexity index is 1120. The normalized spacial score (nSPS) is 26.6. The molecule has 4 saturated carbocycles. The molecule has 0 radical (unpaired) electrons. The third-order valence-corrected chi connectivity index (χ3v) is 9.07. The molecule has 2 aromatic carbocycles. The van der Waals surface area contributed by atoms with Crippen molar-refractivity contribution in [2.24, 2.45) is 23.7 Å². The Labute approximate surface area is 218 Å². The Morgan fingerprint density at radius 3 is 2.19 bits per heavy atom. The maximum atomic E-state index is 14.7. The highest BCUT2D eigenvalue weighted by Gasteiger charge is 2.51. The lowest BCUT2D eigenvalue weighted by molar-refractivity contribution is -0.141. The van der Waals surface area contributed by atoms with Crippen LogP contribution in [0.3, 0.4) is 0 Å². The number of aliphatic carboxylic acids is 1. The van der Waals surface area contributed by atoms with Gasteiger partial charge in [0.2, 0.25) is 0 Å². The molecular formula is C31H38FNO4. The van der Waals surface area contributed by atoms with E-state index in [2.05, 4.69) is 17.4 Å². The summed E-state index contributed by atoms with van der Waals surface area (Å²) >= 11 is 0. The summed E-state index contributed by atoms with van der Waals surface area (Å²) < 4.78 is 20.3. The SMILES string of the molecule is CCOc1cc(F)c(CC(CC)C(=O)O)cc1CNC(=O)c1ccc(C23CC4CC(CC(C4)C2)C3)cc1. The average Bonchev–Trinajstić information content (AvgIpc) is 2.86. The van der Waals surface area contributed by atoms with Crippen molar-refractivity contribution in [1.82, 2.24) is 5.32 Å². The summed E-state index contributed by atoms with van der Waals surface area (Å²) in [6.07, 6.45) is 8.59. The zero-order valence-electron chi connectivity index (χ0n) is 21.9. The minimum atomic E-state index is -0.942. The van der Waals surface area contributed by atoms with Crippen LogP contribution in [0, 0.1) is 29.5 Å². The van der Waals surface area contributed by atoms with Crippen LogP contribution in [0.4, 0.5) is 4.39 Å². The fraction of sp³-hybridized carbons (Fsp3) is 0.548. The molecule has 4 fully saturated rings. The molecule has 6 rings (SSSR count). The van der Waals surface area contributed by atoms with Crippen LogP contribution in [0.1, 0.15) is 85.8 Å². The number of ether oxygens (including phenoxy) is 1. The number of nitrogens with one attached hydrogen (secondary N) is 1. The van der Waals surface area contributed by atoms with E-state index in [1.807, 2.05) is 19.1 Å². The van der Waals surface area contributed by atoms with E-state index in [1.54, 1.807) is 13.0 Å². The quantitative estimate of drug-likeness (QED) is 0.397. The predicted octanol–water partition coefficient (Wildman–Crippen LogP) is 6.28. The third kappa shape index (κ3) is 5.25. The summed E-state index contributed by atoms with van der Waals surface area (Å²) in [5.74, 6) is 0.697. The molecule has 2 N–H and O–H groups in total. The summed E-state index contributed by atoms with van der Waals surface area (Å²) in [5, 5.41) is 12.3. The van der Waals surface area contributed by atoms with E-state index in [1.165, 1.54) is 50.2 Å². The second-order valence-electron chi connectivity index (χ2n) is 11.6. The molecule has 4 aliphatic carbocycles. The van der Waals surface area contributed by atoms with Gasteiger partial charge in [-0.3, -0.25) is 9.59 Å². The van der Waals surface area contributed by atoms with Gasteiger partial charge in [-0.05, 0) is 111 Å². The van der Waals surface area contributed by atoms with Crippen LogP contribution < -0.4 is 10.1 Å². The molecule has 1 unspecified atom stereocenters. The van der Waals surface area contributed by atoms with E-state index >= 15 is 0 Å². The van der Waals surface area contributed by atoms with E-state index < -0.39 is 17.7 Å². The van der Waals surface area contributed by atoms with Crippen LogP contribution in [0.25, 0.3) is 0 Å². The van der Waals surface area contributed by atoms with Crippen molar-refractivity contribution in [3.8, 4) is 5.75 Å². The highest BCUT2D eigenvalue weighted by Crippen LogP contribution is 2.60. The first-order valence-electron chi connectivity index (χ1n) is 13.9. The lowest BCUT2D eigenvalue weighted by atomic mass is 9.48. The lowest BCUT2D eigenvalue weighted by Crippen LogP contribution is -2.48. The maximum absolute atomic E-state index is 14.7. The fourth-order valence-corrected chi connectivity index (χ4v) is 7.62. The number of amides is 1. The minimum Gasteiger partial charge on any atom is -0.493 e. The topological polar surface area (TPSA) is 75.6 Å². The fourth-order valence-electron chi connectivity index (χ4n) is 7.62. The molecular weight excluding hydrogens is 469 g/mol. The van der Waals surface area contributed by atoms with Gasteiger partial charge in [0.1, 0.15) is 11.6 Å². The molecule has 6 heteroatoms. The second kappa shape index (κ2) is 10.5. The van der Waals surface area contributed by atoms with Crippen molar-refractivity contribution in [2.45, 2.75) is 77.2 Å². The van der Waals surface area contributed by atoms with Gasteiger partial charge < -0.3 is 15.2 Å². The molecule has 0 saturated heterocycles. The summed E-state index contributed by atoms with van der Waals surface area (Å²) in [6, 6.07) is 11.1. The van der Waals surface area contributed by atoms with Crippen molar-refractivity contribution in [3.63, 3.8) is 0 Å². The smallest absolute Gasteiger partial charge is 0.306 e. The van der Waals surface area contributed by atoms with Crippen molar-refractivity contribution >= 4 is 11.9 Å². The Morgan fingerprint density at radius 2 is 1.65 bits per heavy atom. The molecule has 5 nitrogen and oxygen atoms in total. The van der Waals surface area contributed by atoms with Gasteiger partial charge in [0, 0.05) is 23.7 Å². The first kappa shape index (κ1) is 25.7. The molecule has 1 atom stereocenters. The highest BCUT2D eigenvalue weighted by atomic mass is 19.1. The van der Waals surface area contributed by atoms with E-state index in [0.29, 0.717) is 40.9 Å². The molecule has 4 aliphatic rings. The average molecular weight is 508 g/mol. The summed E-state index contributed by atoms with van der Waals surface area (Å²) in [5.41, 5.74) is 3.24. The number of hydrogen-bond acceptors (Lipinski definition) is 3. The Hall–Kier alpha value is -2.89. The van der Waals surface area contributed by atoms with E-state index in [4.69, 9.17) is 4.74 Å². The van der Waals surface area contributed by atoms with E-state index in [-0.39, 0.29) is 18.9 Å². The number of carbonyl (C=O) groups excluding carboxylic acids is 1. The lowest BCUT2D eigenvalue weighted by Gasteiger charge is -2.57. The molecule has 0 heterocycles. The number of benzene rings is 2. The highest BCUT2D eigenvalue weighted by molar-refractivity contribution is 5.94. The van der Waals surface area contributed by atoms with E-state index in [9.17, 15) is 19.1 Å². The molecule has 0 aromatic heterocycles. The van der Waals surface area contributed by atoms with Gasteiger partial charge >= 0.3 is 5.97 Å². The number of carboxylic acid groups (broad SMARTS) is 1. The molecule has 37 heavy (non-hydrogen) atoms. The predicted molar refractivity (Wildman–Crippen MR) is 140 cm³/mol. The van der Waals surface area contributed by atoms with E-state index in [0.717, 1.165) is 17.8 Å². The number of hydrogen-bond donors (Lipinski definition) is 2. The Kier molecular flexibility index (Phi) is 7.28. The van der Waals surface area contributed by atoms with Crippen LogP contribution >= 0.6 is 0 Å². The van der Waals surface area contributed by atoms with Gasteiger partial charge in [-0.25, -0.2) is 4.39 Å². The first-order chi connectivity index (χ1) is 17.8. The zero-order chi connectivity index (χ0) is 26.2. The molecule has 2 aromatic rings. The van der Waals surface area contributed by atoms with Crippen molar-refractivity contribution < 1.29 is 23.8 Å². The Morgan fingerprint density at radius 1 is 1.03 bits per heavy atom. The molecule has 1 amide bonds. The standard InChI is InChI=1S/C31H38FNO4/c1-3-22(30(35)36)12-24-13-25(28(37-4-2)14-27(24)32)18-33-29(34)23-5-7-26(8-6-23)31-15-19-9-20(16-31)11-21(10-19)17-31/h5-8,13-14,19-22H,3-4,9-12,15-18H2,1-2H3,(H,33,34)(H,35,36).